The average Bonchev–Trinajstić information content (AvgIpc) is 2.29. The fourth-order valence-corrected chi connectivity index (χ4v) is 1.77. The molecule has 1 atom stereocenters. The Balaban J connectivity index is 2.37. The van der Waals surface area contributed by atoms with E-state index in [4.69, 9.17) is 11.6 Å². The second-order valence-electron chi connectivity index (χ2n) is 4.01. The predicted octanol–water partition coefficient (Wildman–Crippen LogP) is 3.76. The quantitative estimate of drug-likeness (QED) is 0.739. The SMILES string of the molecule is CCCC[C@@H](CC)CNc1ccnc(Cl)n1. The molecule has 0 saturated carbocycles. The van der Waals surface area contributed by atoms with Gasteiger partial charge in [0.15, 0.2) is 0 Å². The van der Waals surface area contributed by atoms with Crippen LogP contribution in [-0.2, 0) is 0 Å². The maximum absolute atomic E-state index is 5.72. The molecule has 90 valence electrons. The van der Waals surface area contributed by atoms with E-state index in [2.05, 4.69) is 29.1 Å². The average molecular weight is 242 g/mol. The van der Waals surface area contributed by atoms with Gasteiger partial charge in [-0.2, -0.15) is 0 Å². The predicted molar refractivity (Wildman–Crippen MR) is 68.8 cm³/mol. The Morgan fingerprint density at radius 1 is 1.44 bits per heavy atom. The highest BCUT2D eigenvalue weighted by molar-refractivity contribution is 6.28. The summed E-state index contributed by atoms with van der Waals surface area (Å²) in [7, 11) is 0. The van der Waals surface area contributed by atoms with E-state index in [1.54, 1.807) is 6.20 Å². The molecule has 3 nitrogen and oxygen atoms in total. The monoisotopic (exact) mass is 241 g/mol. The molecule has 0 spiro atoms. The van der Waals surface area contributed by atoms with Gasteiger partial charge in [-0.05, 0) is 30.0 Å². The lowest BCUT2D eigenvalue weighted by Gasteiger charge is -2.15. The Bertz CT molecular complexity index is 304. The van der Waals surface area contributed by atoms with Gasteiger partial charge in [0.1, 0.15) is 5.82 Å². The molecule has 1 aromatic rings. The van der Waals surface area contributed by atoms with Crippen molar-refractivity contribution in [2.75, 3.05) is 11.9 Å². The lowest BCUT2D eigenvalue weighted by molar-refractivity contribution is 0.472. The molecule has 1 rings (SSSR count). The normalized spacial score (nSPS) is 12.4. The number of hydrogen-bond donors (Lipinski definition) is 1. The van der Waals surface area contributed by atoms with Gasteiger partial charge in [-0.15, -0.1) is 0 Å². The van der Waals surface area contributed by atoms with E-state index < -0.39 is 0 Å². The van der Waals surface area contributed by atoms with E-state index in [1.807, 2.05) is 6.07 Å². The second-order valence-corrected chi connectivity index (χ2v) is 4.35. The summed E-state index contributed by atoms with van der Waals surface area (Å²) in [5, 5.41) is 3.61. The molecule has 0 aliphatic heterocycles. The third kappa shape index (κ3) is 4.79. The van der Waals surface area contributed by atoms with Crippen molar-refractivity contribution in [2.24, 2.45) is 5.92 Å². The molecule has 0 radical (unpaired) electrons. The molecule has 0 fully saturated rings. The van der Waals surface area contributed by atoms with Crippen molar-refractivity contribution >= 4 is 17.4 Å². The zero-order valence-electron chi connectivity index (χ0n) is 10.0. The fraction of sp³-hybridized carbons (Fsp3) is 0.667. The first kappa shape index (κ1) is 13.2. The summed E-state index contributed by atoms with van der Waals surface area (Å²) in [5.41, 5.74) is 0. The van der Waals surface area contributed by atoms with E-state index in [-0.39, 0.29) is 0 Å². The van der Waals surface area contributed by atoms with Crippen LogP contribution in [0.1, 0.15) is 39.5 Å². The largest absolute Gasteiger partial charge is 0.370 e. The number of anilines is 1. The van der Waals surface area contributed by atoms with Crippen molar-refractivity contribution < 1.29 is 0 Å². The molecule has 0 aliphatic rings. The van der Waals surface area contributed by atoms with E-state index in [0.717, 1.165) is 12.4 Å². The fourth-order valence-electron chi connectivity index (χ4n) is 1.63. The van der Waals surface area contributed by atoms with Crippen LogP contribution in [0, 0.1) is 5.92 Å². The van der Waals surface area contributed by atoms with Crippen LogP contribution in [0.2, 0.25) is 5.28 Å². The van der Waals surface area contributed by atoms with Crippen molar-refractivity contribution in [1.82, 2.24) is 9.97 Å². The molecular formula is C12H20ClN3. The number of nitrogens with one attached hydrogen (secondary N) is 1. The van der Waals surface area contributed by atoms with Crippen LogP contribution in [0.4, 0.5) is 5.82 Å². The number of nitrogens with zero attached hydrogens (tertiary/aromatic N) is 2. The highest BCUT2D eigenvalue weighted by atomic mass is 35.5. The van der Waals surface area contributed by atoms with Crippen molar-refractivity contribution in [3.05, 3.63) is 17.5 Å². The van der Waals surface area contributed by atoms with Gasteiger partial charge in [0.05, 0.1) is 0 Å². The van der Waals surface area contributed by atoms with Crippen molar-refractivity contribution in [1.29, 1.82) is 0 Å². The Labute approximate surface area is 103 Å². The first-order chi connectivity index (χ1) is 7.76. The zero-order chi connectivity index (χ0) is 11.8. The molecule has 0 amide bonds. The van der Waals surface area contributed by atoms with Crippen LogP contribution >= 0.6 is 11.6 Å². The van der Waals surface area contributed by atoms with Crippen molar-refractivity contribution in [3.63, 3.8) is 0 Å². The molecule has 0 bridgehead atoms. The maximum Gasteiger partial charge on any atom is 0.224 e. The lowest BCUT2D eigenvalue weighted by Crippen LogP contribution is -2.14. The number of unbranched alkanes of at least 4 members (excludes halogenated alkanes) is 1. The number of hydrogen-bond acceptors (Lipinski definition) is 3. The number of halogens is 1. The summed E-state index contributed by atoms with van der Waals surface area (Å²) < 4.78 is 0. The van der Waals surface area contributed by atoms with Gasteiger partial charge in [0.25, 0.3) is 0 Å². The summed E-state index contributed by atoms with van der Waals surface area (Å²) in [6.07, 6.45) is 6.70. The molecule has 0 aliphatic carbocycles. The minimum atomic E-state index is 0.298. The zero-order valence-corrected chi connectivity index (χ0v) is 10.8. The second kappa shape index (κ2) is 7.44. The van der Waals surface area contributed by atoms with E-state index in [0.29, 0.717) is 11.2 Å². The standard InChI is InChI=1S/C12H20ClN3/c1-3-5-6-10(4-2)9-15-11-7-8-14-12(13)16-11/h7-8,10H,3-6,9H2,1-2H3,(H,14,15,16)/t10-/m1/s1. The lowest BCUT2D eigenvalue weighted by atomic mass is 9.99. The molecule has 0 saturated heterocycles. The van der Waals surface area contributed by atoms with Crippen LogP contribution in [0.5, 0.6) is 0 Å². The van der Waals surface area contributed by atoms with Gasteiger partial charge in [-0.3, -0.25) is 0 Å². The smallest absolute Gasteiger partial charge is 0.224 e. The first-order valence-electron chi connectivity index (χ1n) is 5.98. The van der Waals surface area contributed by atoms with Crippen LogP contribution in [0.15, 0.2) is 12.3 Å². The van der Waals surface area contributed by atoms with Crippen LogP contribution < -0.4 is 5.32 Å². The minimum Gasteiger partial charge on any atom is -0.370 e. The molecule has 1 N–H and O–H groups in total. The summed E-state index contributed by atoms with van der Waals surface area (Å²) >= 11 is 5.72. The summed E-state index contributed by atoms with van der Waals surface area (Å²) in [5.74, 6) is 1.53. The topological polar surface area (TPSA) is 37.8 Å². The molecule has 1 heterocycles. The van der Waals surface area contributed by atoms with Crippen LogP contribution in [-0.4, -0.2) is 16.5 Å². The third-order valence-corrected chi connectivity index (χ3v) is 2.92. The molecule has 4 heteroatoms. The molecule has 0 unspecified atom stereocenters. The van der Waals surface area contributed by atoms with Crippen LogP contribution in [0.3, 0.4) is 0 Å². The van der Waals surface area contributed by atoms with Gasteiger partial charge < -0.3 is 5.32 Å². The van der Waals surface area contributed by atoms with Crippen molar-refractivity contribution in [3.8, 4) is 0 Å². The van der Waals surface area contributed by atoms with Gasteiger partial charge in [-0.25, -0.2) is 9.97 Å². The maximum atomic E-state index is 5.72. The first-order valence-corrected chi connectivity index (χ1v) is 6.36. The van der Waals surface area contributed by atoms with Gasteiger partial charge in [-0.1, -0.05) is 33.1 Å². The molecular weight excluding hydrogens is 222 g/mol. The Kier molecular flexibility index (Phi) is 6.16. The van der Waals surface area contributed by atoms with Gasteiger partial charge in [0, 0.05) is 12.7 Å². The number of rotatable bonds is 7. The Morgan fingerprint density at radius 3 is 2.88 bits per heavy atom. The summed E-state index contributed by atoms with van der Waals surface area (Å²) in [6.45, 7) is 5.42. The minimum absolute atomic E-state index is 0.298. The van der Waals surface area contributed by atoms with E-state index in [9.17, 15) is 0 Å². The van der Waals surface area contributed by atoms with Crippen LogP contribution in [0.25, 0.3) is 0 Å². The summed E-state index contributed by atoms with van der Waals surface area (Å²) in [6, 6.07) is 1.85. The van der Waals surface area contributed by atoms with Gasteiger partial charge in [0.2, 0.25) is 5.28 Å². The molecule has 1 aromatic heterocycles. The van der Waals surface area contributed by atoms with Gasteiger partial charge >= 0.3 is 0 Å². The Morgan fingerprint density at radius 2 is 2.25 bits per heavy atom. The number of aromatic nitrogens is 2. The van der Waals surface area contributed by atoms with E-state index >= 15 is 0 Å². The third-order valence-electron chi connectivity index (χ3n) is 2.74. The highest BCUT2D eigenvalue weighted by Crippen LogP contribution is 2.14. The van der Waals surface area contributed by atoms with Crippen molar-refractivity contribution in [2.45, 2.75) is 39.5 Å². The Hall–Kier alpha value is -0.830. The van der Waals surface area contributed by atoms with E-state index in [1.165, 1.54) is 25.7 Å². The highest BCUT2D eigenvalue weighted by Gasteiger charge is 2.05. The molecule has 0 aromatic carbocycles. The molecule has 16 heavy (non-hydrogen) atoms. The summed E-state index contributed by atoms with van der Waals surface area (Å²) in [4.78, 5) is 7.95.